The lowest BCUT2D eigenvalue weighted by Crippen LogP contribution is -2.68. The molecule has 3 aromatic rings. The van der Waals surface area contributed by atoms with Crippen LogP contribution in [0.1, 0.15) is 16.7 Å². The Labute approximate surface area is 164 Å². The van der Waals surface area contributed by atoms with Gasteiger partial charge in [-0.2, -0.15) is 0 Å². The lowest BCUT2D eigenvalue weighted by atomic mass is 10.1. The minimum Gasteiger partial charge on any atom is -0.222 e. The maximum absolute atomic E-state index is 8.49. The summed E-state index contributed by atoms with van der Waals surface area (Å²) < 4.78 is 34.0. The van der Waals surface area contributed by atoms with Crippen LogP contribution in [0.5, 0.6) is 0 Å². The van der Waals surface area contributed by atoms with Gasteiger partial charge in [0.25, 0.3) is 0 Å². The van der Waals surface area contributed by atoms with Crippen molar-refractivity contribution in [1.29, 1.82) is 0 Å². The van der Waals surface area contributed by atoms with Gasteiger partial charge in [-0.25, -0.2) is 18.6 Å². The first kappa shape index (κ1) is 21.4. The van der Waals surface area contributed by atoms with Crippen LogP contribution in [0, 0.1) is 31.0 Å². The van der Waals surface area contributed by atoms with Crippen LogP contribution in [-0.4, -0.2) is 0 Å². The first-order chi connectivity index (χ1) is 12.7. The van der Waals surface area contributed by atoms with E-state index in [1.165, 1.54) is 31.4 Å². The number of rotatable bonds is 3. The third kappa shape index (κ3) is 6.66. The third-order valence-corrected chi connectivity index (χ3v) is 6.31. The number of aryl methyl sites for hydroxylation is 3. The molecule has 142 valence electrons. The van der Waals surface area contributed by atoms with Gasteiger partial charge >= 0.3 is 0 Å². The van der Waals surface area contributed by atoms with E-state index in [2.05, 4.69) is 93.6 Å². The molecule has 4 nitrogen and oxygen atoms in total. The Morgan fingerprint density at radius 3 is 1.30 bits per heavy atom. The van der Waals surface area contributed by atoms with E-state index in [1.807, 2.05) is 0 Å². The highest BCUT2D eigenvalue weighted by atomic mass is 35.7. The van der Waals surface area contributed by atoms with Crippen LogP contribution in [0.15, 0.2) is 87.5 Å². The molecule has 0 radical (unpaired) electrons. The Hall–Kier alpha value is -1.86. The van der Waals surface area contributed by atoms with Crippen molar-refractivity contribution in [3.05, 3.63) is 89.5 Å². The number of halogens is 1. The molecule has 0 unspecified atom stereocenters. The van der Waals surface area contributed by atoms with Gasteiger partial charge in [0.15, 0.2) is 14.7 Å². The summed E-state index contributed by atoms with van der Waals surface area (Å²) in [6.07, 6.45) is 0. The quantitative estimate of drug-likeness (QED) is 0.607. The number of benzene rings is 3. The molecule has 0 saturated heterocycles. The zero-order valence-electron chi connectivity index (χ0n) is 15.3. The highest BCUT2D eigenvalue weighted by Crippen LogP contribution is 2.35. The van der Waals surface area contributed by atoms with Crippen LogP contribution in [0.3, 0.4) is 0 Å². The molecular formula is C21H21ClO4S. The van der Waals surface area contributed by atoms with Crippen LogP contribution < -0.4 is 18.6 Å². The van der Waals surface area contributed by atoms with Gasteiger partial charge in [0.1, 0.15) is 0 Å². The maximum atomic E-state index is 8.49. The highest BCUT2D eigenvalue weighted by molar-refractivity contribution is 7.97. The van der Waals surface area contributed by atoms with E-state index in [0.29, 0.717) is 0 Å². The molecule has 0 aliphatic carbocycles. The van der Waals surface area contributed by atoms with Gasteiger partial charge in [-0.1, -0.05) is 54.1 Å². The summed E-state index contributed by atoms with van der Waals surface area (Å²) in [7, 11) is -4.99. The Kier molecular flexibility index (Phi) is 7.44. The molecule has 0 amide bonds. The van der Waals surface area contributed by atoms with E-state index in [0.717, 1.165) is 0 Å². The van der Waals surface area contributed by atoms with E-state index in [1.54, 1.807) is 0 Å². The van der Waals surface area contributed by atoms with Crippen molar-refractivity contribution in [2.45, 2.75) is 35.5 Å². The van der Waals surface area contributed by atoms with E-state index in [4.69, 9.17) is 18.6 Å². The second-order valence-electron chi connectivity index (χ2n) is 6.04. The summed E-state index contributed by atoms with van der Waals surface area (Å²) in [5.74, 6) is 0. The topological polar surface area (TPSA) is 92.2 Å². The molecule has 0 aliphatic rings. The molecule has 0 heterocycles. The van der Waals surface area contributed by atoms with E-state index >= 15 is 0 Å². The fourth-order valence-corrected chi connectivity index (χ4v) is 5.34. The minimum absolute atomic E-state index is 0.0460. The van der Waals surface area contributed by atoms with E-state index in [9.17, 15) is 0 Å². The van der Waals surface area contributed by atoms with Crippen LogP contribution in [0.4, 0.5) is 0 Å². The summed E-state index contributed by atoms with van der Waals surface area (Å²) in [6, 6.07) is 26.3. The van der Waals surface area contributed by atoms with Crippen molar-refractivity contribution in [1.82, 2.24) is 0 Å². The van der Waals surface area contributed by atoms with Gasteiger partial charge in [0.2, 0.25) is 0 Å². The molecule has 0 N–H and O–H groups in total. The summed E-state index contributed by atoms with van der Waals surface area (Å²) in [5.41, 5.74) is 4.10. The molecule has 0 saturated carbocycles. The Bertz CT molecular complexity index is 796. The van der Waals surface area contributed by atoms with Gasteiger partial charge in [0.05, 0.1) is 10.9 Å². The van der Waals surface area contributed by atoms with Gasteiger partial charge in [0, 0.05) is 11.1 Å². The second kappa shape index (κ2) is 9.37. The molecule has 0 atom stereocenters. The largest absolute Gasteiger partial charge is 0.222 e. The predicted octanol–water partition coefficient (Wildman–Crippen LogP) is 0.951. The Morgan fingerprint density at radius 1 is 0.630 bits per heavy atom. The van der Waals surface area contributed by atoms with Crippen molar-refractivity contribution < 1.29 is 28.9 Å². The molecule has 0 aromatic heterocycles. The molecule has 27 heavy (non-hydrogen) atoms. The van der Waals surface area contributed by atoms with Crippen LogP contribution in [0.2, 0.25) is 0 Å². The van der Waals surface area contributed by atoms with Gasteiger partial charge < -0.3 is 0 Å². The molecular weight excluding hydrogens is 384 g/mol. The highest BCUT2D eigenvalue weighted by Gasteiger charge is 2.31. The second-order valence-corrected chi connectivity index (χ2v) is 8.76. The Morgan fingerprint density at radius 2 is 0.963 bits per heavy atom. The summed E-state index contributed by atoms with van der Waals surface area (Å²) in [5, 5.41) is 0. The van der Waals surface area contributed by atoms with Crippen LogP contribution in [-0.2, 0) is 10.9 Å². The smallest absolute Gasteiger partial charge is 0.172 e. The zero-order valence-corrected chi connectivity index (χ0v) is 16.9. The van der Waals surface area contributed by atoms with Crippen molar-refractivity contribution in [2.75, 3.05) is 0 Å². The monoisotopic (exact) mass is 404 g/mol. The van der Waals surface area contributed by atoms with Crippen molar-refractivity contribution in [3.63, 3.8) is 0 Å². The van der Waals surface area contributed by atoms with Gasteiger partial charge in [-0.05, 0) is 45.0 Å². The molecule has 0 spiro atoms. The fourth-order valence-electron chi connectivity index (χ4n) is 2.97. The van der Waals surface area contributed by atoms with E-state index < -0.39 is 10.2 Å². The third-order valence-electron chi connectivity index (χ3n) is 3.77. The fraction of sp³-hybridized carbons (Fsp3) is 0.143. The summed E-state index contributed by atoms with van der Waals surface area (Å²) in [6.45, 7) is 6.65. The van der Waals surface area contributed by atoms with Gasteiger partial charge in [-0.15, -0.1) is 10.2 Å². The SMILES string of the molecule is Cc1cc(C)c([S+](c2ccccc2)c2ccccc2)c(C)c1.[O-][Cl+3]([O-])([O-])[O-]. The molecule has 0 aliphatic heterocycles. The van der Waals surface area contributed by atoms with Crippen molar-refractivity contribution in [2.24, 2.45) is 0 Å². The first-order valence-electron chi connectivity index (χ1n) is 8.21. The summed E-state index contributed by atoms with van der Waals surface area (Å²) >= 11 is 0. The standard InChI is InChI=1S/C21H21S.ClHO4/c1-16-14-17(2)21(18(3)15-16)22(19-10-6-4-7-11-19)20-12-8-5-9-13-20;2-1(3,4)5/h4-15H,1-3H3;(H,2,3,4,5)/q+1;/p-1. The first-order valence-corrected chi connectivity index (χ1v) is 10.7. The van der Waals surface area contributed by atoms with Crippen LogP contribution >= 0.6 is 0 Å². The number of hydrogen-bond acceptors (Lipinski definition) is 4. The van der Waals surface area contributed by atoms with E-state index in [-0.39, 0.29) is 10.9 Å². The molecule has 3 aromatic carbocycles. The van der Waals surface area contributed by atoms with Crippen LogP contribution in [0.25, 0.3) is 0 Å². The van der Waals surface area contributed by atoms with Crippen molar-refractivity contribution >= 4 is 10.9 Å². The predicted molar refractivity (Wildman–Crippen MR) is 95.7 cm³/mol. The average Bonchev–Trinajstić information content (AvgIpc) is 2.58. The zero-order chi connectivity index (χ0) is 20.0. The molecule has 0 fully saturated rings. The molecule has 3 rings (SSSR count). The Balaban J connectivity index is 0.000000465. The lowest BCUT2D eigenvalue weighted by Gasteiger charge is -2.17. The normalized spacial score (nSPS) is 11.1. The van der Waals surface area contributed by atoms with Gasteiger partial charge in [-0.3, -0.25) is 0 Å². The molecule has 0 bridgehead atoms. The minimum atomic E-state index is -4.94. The number of hydrogen-bond donors (Lipinski definition) is 0. The lowest BCUT2D eigenvalue weighted by molar-refractivity contribution is -2.00. The summed E-state index contributed by atoms with van der Waals surface area (Å²) in [4.78, 5) is 4.22. The molecule has 6 heteroatoms. The maximum Gasteiger partial charge on any atom is 0.172 e. The average molecular weight is 405 g/mol. The van der Waals surface area contributed by atoms with Crippen molar-refractivity contribution in [3.8, 4) is 0 Å².